The fraction of sp³-hybridized carbons (Fsp3) is 0.259. The summed E-state index contributed by atoms with van der Waals surface area (Å²) < 4.78 is 10.6. The topological polar surface area (TPSA) is 83.1 Å². The van der Waals surface area contributed by atoms with Crippen LogP contribution in [0.25, 0.3) is 0 Å². The molecule has 0 spiro atoms. The number of nitrogens with one attached hydrogen (secondary N) is 2. The molecule has 1 saturated heterocycles. The van der Waals surface area contributed by atoms with Crippen LogP contribution in [-0.2, 0) is 4.79 Å². The zero-order valence-corrected chi connectivity index (χ0v) is 20.0. The van der Waals surface area contributed by atoms with Crippen molar-refractivity contribution in [1.29, 1.82) is 0 Å². The predicted octanol–water partition coefficient (Wildman–Crippen LogP) is 3.72. The molecule has 1 aliphatic heterocycles. The molecule has 35 heavy (non-hydrogen) atoms. The highest BCUT2D eigenvalue weighted by atomic mass is 16.5. The summed E-state index contributed by atoms with van der Waals surface area (Å²) in [4.78, 5) is 29.6. The van der Waals surface area contributed by atoms with E-state index in [9.17, 15) is 9.59 Å². The van der Waals surface area contributed by atoms with Gasteiger partial charge in [0.05, 0.1) is 26.5 Å². The number of rotatable bonds is 8. The smallest absolute Gasteiger partial charge is 0.255 e. The molecule has 2 N–H and O–H groups in total. The van der Waals surface area contributed by atoms with Crippen molar-refractivity contribution in [2.24, 2.45) is 0 Å². The maximum absolute atomic E-state index is 12.6. The molecule has 2 amide bonds. The van der Waals surface area contributed by atoms with Gasteiger partial charge in [-0.05, 0) is 48.5 Å². The Balaban J connectivity index is 1.25. The summed E-state index contributed by atoms with van der Waals surface area (Å²) in [5.74, 6) is 1.11. The molecule has 0 bridgehead atoms. The molecule has 1 aliphatic rings. The van der Waals surface area contributed by atoms with E-state index >= 15 is 0 Å². The van der Waals surface area contributed by atoms with Gasteiger partial charge in [-0.1, -0.05) is 18.2 Å². The highest BCUT2D eigenvalue weighted by Gasteiger charge is 2.19. The molecule has 0 atom stereocenters. The number of methoxy groups -OCH3 is 2. The summed E-state index contributed by atoms with van der Waals surface area (Å²) in [6.07, 6.45) is 0. The van der Waals surface area contributed by atoms with Crippen LogP contribution in [0.15, 0.2) is 72.8 Å². The average Bonchev–Trinajstić information content (AvgIpc) is 2.90. The number of hydrogen-bond acceptors (Lipinski definition) is 6. The molecule has 3 aromatic carbocycles. The minimum atomic E-state index is -0.249. The molecule has 0 unspecified atom stereocenters. The number of benzene rings is 3. The lowest BCUT2D eigenvalue weighted by Crippen LogP contribution is -2.48. The first-order chi connectivity index (χ1) is 17.1. The molecular weight excluding hydrogens is 444 g/mol. The van der Waals surface area contributed by atoms with Gasteiger partial charge in [0.25, 0.3) is 5.91 Å². The monoisotopic (exact) mass is 474 g/mol. The zero-order valence-electron chi connectivity index (χ0n) is 20.0. The number of hydrogen-bond donors (Lipinski definition) is 2. The van der Waals surface area contributed by atoms with E-state index in [0.717, 1.165) is 37.6 Å². The van der Waals surface area contributed by atoms with Crippen LogP contribution in [0.5, 0.6) is 11.5 Å². The summed E-state index contributed by atoms with van der Waals surface area (Å²) in [5.41, 5.74) is 2.87. The molecule has 0 saturated carbocycles. The van der Waals surface area contributed by atoms with E-state index in [0.29, 0.717) is 29.2 Å². The second kappa shape index (κ2) is 11.4. The lowest BCUT2D eigenvalue weighted by atomic mass is 10.2. The van der Waals surface area contributed by atoms with Crippen molar-refractivity contribution in [1.82, 2.24) is 4.90 Å². The number of amides is 2. The highest BCUT2D eigenvalue weighted by Crippen LogP contribution is 2.24. The Morgan fingerprint density at radius 2 is 1.57 bits per heavy atom. The van der Waals surface area contributed by atoms with Crippen LogP contribution >= 0.6 is 0 Å². The van der Waals surface area contributed by atoms with Gasteiger partial charge in [0, 0.05) is 49.2 Å². The van der Waals surface area contributed by atoms with E-state index in [4.69, 9.17) is 9.47 Å². The Labute approximate surface area is 205 Å². The minimum Gasteiger partial charge on any atom is -0.497 e. The molecular formula is C27H30N4O4. The Hall–Kier alpha value is -4.04. The third kappa shape index (κ3) is 6.30. The van der Waals surface area contributed by atoms with Crippen LogP contribution in [0.1, 0.15) is 10.4 Å². The summed E-state index contributed by atoms with van der Waals surface area (Å²) in [6.45, 7) is 3.61. The summed E-state index contributed by atoms with van der Waals surface area (Å²) in [5, 5.41) is 5.76. The fourth-order valence-corrected chi connectivity index (χ4v) is 4.02. The molecule has 0 aliphatic carbocycles. The van der Waals surface area contributed by atoms with Crippen LogP contribution in [0.3, 0.4) is 0 Å². The lowest BCUT2D eigenvalue weighted by molar-refractivity contribution is -0.117. The second-order valence-corrected chi connectivity index (χ2v) is 8.24. The third-order valence-corrected chi connectivity index (χ3v) is 5.94. The molecule has 0 aromatic heterocycles. The van der Waals surface area contributed by atoms with Crippen LogP contribution in [-0.4, -0.2) is 63.7 Å². The SMILES string of the molecule is COc1cccc(N2CCN(CC(=O)Nc3ccc(C(=O)Nc4ccccc4OC)cc3)CC2)c1. The van der Waals surface area contributed by atoms with Gasteiger partial charge in [0.2, 0.25) is 5.91 Å². The lowest BCUT2D eigenvalue weighted by Gasteiger charge is -2.35. The van der Waals surface area contributed by atoms with Crippen molar-refractivity contribution >= 4 is 28.9 Å². The number of carbonyl (C=O) groups is 2. The molecule has 0 radical (unpaired) electrons. The van der Waals surface area contributed by atoms with Crippen LogP contribution in [0.2, 0.25) is 0 Å². The quantitative estimate of drug-likeness (QED) is 0.518. The Morgan fingerprint density at radius 3 is 2.29 bits per heavy atom. The van der Waals surface area contributed by atoms with Crippen LogP contribution in [0.4, 0.5) is 17.1 Å². The summed E-state index contributed by atoms with van der Waals surface area (Å²) >= 11 is 0. The van der Waals surface area contributed by atoms with E-state index in [1.54, 1.807) is 50.6 Å². The number of ether oxygens (including phenoxy) is 2. The number of carbonyl (C=O) groups excluding carboxylic acids is 2. The van der Waals surface area contributed by atoms with Gasteiger partial charge in [-0.15, -0.1) is 0 Å². The first-order valence-electron chi connectivity index (χ1n) is 11.5. The maximum atomic E-state index is 12.6. The molecule has 182 valence electrons. The number of anilines is 3. The second-order valence-electron chi connectivity index (χ2n) is 8.24. The molecule has 1 heterocycles. The van der Waals surface area contributed by atoms with E-state index in [1.165, 1.54) is 0 Å². The Kier molecular flexibility index (Phi) is 7.84. The van der Waals surface area contributed by atoms with Gasteiger partial charge in [0.15, 0.2) is 0 Å². The van der Waals surface area contributed by atoms with Crippen molar-refractivity contribution in [2.45, 2.75) is 0 Å². The van der Waals surface area contributed by atoms with E-state index in [2.05, 4.69) is 26.5 Å². The molecule has 8 heteroatoms. The number of piperazine rings is 1. The van der Waals surface area contributed by atoms with Crippen molar-refractivity contribution in [2.75, 3.05) is 62.5 Å². The average molecular weight is 475 g/mol. The molecule has 3 aromatic rings. The standard InChI is InChI=1S/C27H30N4O4/c1-34-23-7-5-6-22(18-23)31-16-14-30(15-17-31)19-26(32)28-21-12-10-20(11-13-21)27(33)29-24-8-3-4-9-25(24)35-2/h3-13,18H,14-17,19H2,1-2H3,(H,28,32)(H,29,33). The molecule has 4 rings (SSSR count). The van der Waals surface area contributed by atoms with E-state index in [1.807, 2.05) is 30.3 Å². The fourth-order valence-electron chi connectivity index (χ4n) is 4.02. The Bertz CT molecular complexity index is 1160. The van der Waals surface area contributed by atoms with Gasteiger partial charge in [0.1, 0.15) is 11.5 Å². The van der Waals surface area contributed by atoms with Crippen molar-refractivity contribution in [3.8, 4) is 11.5 Å². The predicted molar refractivity (Wildman–Crippen MR) is 138 cm³/mol. The van der Waals surface area contributed by atoms with Gasteiger partial charge < -0.3 is 25.0 Å². The summed E-state index contributed by atoms with van der Waals surface area (Å²) in [7, 11) is 3.23. The van der Waals surface area contributed by atoms with Gasteiger partial charge in [-0.2, -0.15) is 0 Å². The van der Waals surface area contributed by atoms with Gasteiger partial charge >= 0.3 is 0 Å². The van der Waals surface area contributed by atoms with Crippen LogP contribution in [0, 0.1) is 0 Å². The third-order valence-electron chi connectivity index (χ3n) is 5.94. The van der Waals surface area contributed by atoms with E-state index < -0.39 is 0 Å². The van der Waals surface area contributed by atoms with Crippen molar-refractivity contribution in [3.63, 3.8) is 0 Å². The van der Waals surface area contributed by atoms with E-state index in [-0.39, 0.29) is 11.8 Å². The van der Waals surface area contributed by atoms with Crippen molar-refractivity contribution < 1.29 is 19.1 Å². The summed E-state index contributed by atoms with van der Waals surface area (Å²) in [6, 6.07) is 22.1. The number of para-hydroxylation sites is 2. The maximum Gasteiger partial charge on any atom is 0.255 e. The van der Waals surface area contributed by atoms with Gasteiger partial charge in [-0.25, -0.2) is 0 Å². The first-order valence-corrected chi connectivity index (χ1v) is 11.5. The Morgan fingerprint density at radius 1 is 0.829 bits per heavy atom. The van der Waals surface area contributed by atoms with Crippen LogP contribution < -0.4 is 25.0 Å². The molecule has 1 fully saturated rings. The zero-order chi connectivity index (χ0) is 24.6. The van der Waals surface area contributed by atoms with Crippen molar-refractivity contribution in [3.05, 3.63) is 78.4 Å². The minimum absolute atomic E-state index is 0.0777. The first kappa shape index (κ1) is 24.1. The largest absolute Gasteiger partial charge is 0.497 e. The number of nitrogens with zero attached hydrogens (tertiary/aromatic N) is 2. The highest BCUT2D eigenvalue weighted by molar-refractivity contribution is 6.05. The van der Waals surface area contributed by atoms with Gasteiger partial charge in [-0.3, -0.25) is 14.5 Å². The normalized spacial score (nSPS) is 13.7. The molecule has 8 nitrogen and oxygen atoms in total.